The maximum atomic E-state index is 13.1. The Balaban J connectivity index is 0.000000385. The molecule has 3 N–H and O–H groups in total. The Bertz CT molecular complexity index is 1180. The molecule has 4 aliphatic rings. The Morgan fingerprint density at radius 1 is 1.00 bits per heavy atom. The van der Waals surface area contributed by atoms with E-state index in [4.69, 9.17) is 16.7 Å². The fourth-order valence-electron chi connectivity index (χ4n) is 5.55. The Labute approximate surface area is 252 Å². The summed E-state index contributed by atoms with van der Waals surface area (Å²) in [5.74, 6) is 0.539. The smallest absolute Gasteiger partial charge is 0.411 e. The number of benzene rings is 1. The molecule has 0 aromatic heterocycles. The van der Waals surface area contributed by atoms with Crippen LogP contribution in [0.5, 0.6) is 0 Å². The zero-order valence-electron chi connectivity index (χ0n) is 24.0. The van der Waals surface area contributed by atoms with E-state index in [1.165, 1.54) is 61.2 Å². The topological polar surface area (TPSA) is 126 Å². The molecule has 5 amide bonds. The Morgan fingerprint density at radius 3 is 2.40 bits per heavy atom. The van der Waals surface area contributed by atoms with E-state index >= 15 is 0 Å². The normalized spacial score (nSPS) is 19.8. The van der Waals surface area contributed by atoms with Gasteiger partial charge in [0.15, 0.2) is 0 Å². The maximum absolute atomic E-state index is 13.1. The van der Waals surface area contributed by atoms with Crippen molar-refractivity contribution in [1.82, 2.24) is 25.3 Å². The monoisotopic (exact) mass is 600 g/mol. The Morgan fingerprint density at radius 2 is 1.76 bits per heavy atom. The first-order valence-corrected chi connectivity index (χ1v) is 15.2. The number of rotatable bonds is 7. The number of urea groups is 1. The number of halogens is 1. The average Bonchev–Trinajstić information content (AvgIpc) is 3.01. The van der Waals surface area contributed by atoms with Crippen molar-refractivity contribution < 1.29 is 24.3 Å². The van der Waals surface area contributed by atoms with Gasteiger partial charge in [-0.3, -0.25) is 29.6 Å². The highest BCUT2D eigenvalue weighted by molar-refractivity contribution is 6.34. The molecule has 0 unspecified atom stereocenters. The van der Waals surface area contributed by atoms with Gasteiger partial charge in [-0.15, -0.1) is 0 Å². The van der Waals surface area contributed by atoms with Crippen LogP contribution in [0.3, 0.4) is 0 Å². The molecule has 228 valence electrons. The van der Waals surface area contributed by atoms with Crippen LogP contribution in [0.2, 0.25) is 5.02 Å². The number of piperidine rings is 1. The van der Waals surface area contributed by atoms with Crippen LogP contribution in [-0.2, 0) is 4.79 Å². The van der Waals surface area contributed by atoms with Gasteiger partial charge in [-0.1, -0.05) is 36.6 Å². The molecule has 11 nitrogen and oxygen atoms in total. The molecule has 5 rings (SSSR count). The van der Waals surface area contributed by atoms with Crippen LogP contribution in [0.25, 0.3) is 0 Å². The van der Waals surface area contributed by atoms with Gasteiger partial charge in [-0.2, -0.15) is 0 Å². The number of carboxylic acid groups (broad SMARTS) is 1. The average molecular weight is 601 g/mol. The quantitative estimate of drug-likeness (QED) is 0.407. The van der Waals surface area contributed by atoms with Gasteiger partial charge >= 0.3 is 12.1 Å². The second-order valence-corrected chi connectivity index (χ2v) is 11.4. The fourth-order valence-corrected chi connectivity index (χ4v) is 5.77. The van der Waals surface area contributed by atoms with Gasteiger partial charge in [0.2, 0.25) is 5.91 Å². The fraction of sp³-hybridized carbons (Fsp3) is 0.533. The standard InChI is InChI=1S/C24H34ClN5O3.C6H7NO2/c25-20-5-4-19(17-21(20)30-12-8-22(31)27-24(30)33)23(32)29-15-13-28(14-16-29)11-2-1-3-18-6-9-26-10-7-18;8-6(9)7-4-2-1-3-5-7/h4-5,17-18,26H,1-3,6-16H2,(H,27,31,33);1-4H,5H2,(H,8,9). The van der Waals surface area contributed by atoms with Gasteiger partial charge in [0.25, 0.3) is 5.91 Å². The molecule has 4 heterocycles. The Hall–Kier alpha value is -3.41. The van der Waals surface area contributed by atoms with Crippen molar-refractivity contribution >= 4 is 41.2 Å². The lowest BCUT2D eigenvalue weighted by Crippen LogP contribution is -2.50. The number of nitrogens with zero attached hydrogens (tertiary/aromatic N) is 4. The summed E-state index contributed by atoms with van der Waals surface area (Å²) in [6.07, 6.45) is 12.6. The summed E-state index contributed by atoms with van der Waals surface area (Å²) in [6, 6.07) is 4.50. The van der Waals surface area contributed by atoms with Crippen LogP contribution >= 0.6 is 11.6 Å². The molecule has 0 spiro atoms. The van der Waals surface area contributed by atoms with Crippen molar-refractivity contribution in [2.75, 3.05) is 63.8 Å². The first-order valence-electron chi connectivity index (χ1n) is 14.8. The Kier molecular flexibility index (Phi) is 11.8. The molecule has 0 radical (unpaired) electrons. The zero-order valence-corrected chi connectivity index (χ0v) is 24.7. The molecular formula is C30H41ClN6O5. The number of hydrogen-bond acceptors (Lipinski definition) is 6. The van der Waals surface area contributed by atoms with Crippen molar-refractivity contribution in [2.24, 2.45) is 5.92 Å². The molecule has 3 fully saturated rings. The number of carbonyl (C=O) groups is 4. The molecule has 1 aromatic carbocycles. The van der Waals surface area contributed by atoms with E-state index in [9.17, 15) is 19.2 Å². The summed E-state index contributed by atoms with van der Waals surface area (Å²) in [7, 11) is 0. The van der Waals surface area contributed by atoms with Crippen LogP contribution in [0.15, 0.2) is 42.6 Å². The van der Waals surface area contributed by atoms with Crippen LogP contribution in [0.1, 0.15) is 48.9 Å². The van der Waals surface area contributed by atoms with E-state index < -0.39 is 12.1 Å². The molecule has 0 atom stereocenters. The highest BCUT2D eigenvalue weighted by Crippen LogP contribution is 2.29. The first kappa shape index (κ1) is 31.5. The molecule has 0 saturated carbocycles. The number of hydrogen-bond donors (Lipinski definition) is 3. The van der Waals surface area contributed by atoms with Crippen LogP contribution < -0.4 is 15.5 Å². The van der Waals surface area contributed by atoms with E-state index in [1.807, 2.05) is 11.0 Å². The molecule has 0 bridgehead atoms. The zero-order chi connectivity index (χ0) is 29.9. The molecule has 3 saturated heterocycles. The van der Waals surface area contributed by atoms with Gasteiger partial charge < -0.3 is 15.3 Å². The van der Waals surface area contributed by atoms with Gasteiger partial charge in [0.1, 0.15) is 0 Å². The van der Waals surface area contributed by atoms with E-state index in [0.29, 0.717) is 35.9 Å². The van der Waals surface area contributed by atoms with Gasteiger partial charge in [0.05, 0.1) is 10.7 Å². The van der Waals surface area contributed by atoms with Crippen molar-refractivity contribution in [1.29, 1.82) is 0 Å². The number of piperazine rings is 1. The summed E-state index contributed by atoms with van der Waals surface area (Å²) in [5, 5.41) is 14.5. The largest absolute Gasteiger partial charge is 0.465 e. The molecule has 42 heavy (non-hydrogen) atoms. The van der Waals surface area contributed by atoms with E-state index in [0.717, 1.165) is 25.6 Å². The number of unbranched alkanes of at least 4 members (excludes halogenated alkanes) is 1. The third-order valence-electron chi connectivity index (χ3n) is 8.05. The molecule has 0 aliphatic carbocycles. The molecule has 1 aromatic rings. The SMILES string of the molecule is O=C(O)N1C=CC=CC1.O=C1CCN(c2cc(C(=O)N3CCN(CCCCC4CCNCC4)CC3)ccc2Cl)C(=O)N1. The summed E-state index contributed by atoms with van der Waals surface area (Å²) in [5.41, 5.74) is 0.967. The lowest BCUT2D eigenvalue weighted by molar-refractivity contribution is -0.120. The van der Waals surface area contributed by atoms with Gasteiger partial charge in [0, 0.05) is 57.5 Å². The number of amides is 5. The van der Waals surface area contributed by atoms with Crippen molar-refractivity contribution in [3.05, 3.63) is 53.2 Å². The predicted molar refractivity (Wildman–Crippen MR) is 162 cm³/mol. The summed E-state index contributed by atoms with van der Waals surface area (Å²) >= 11 is 6.31. The summed E-state index contributed by atoms with van der Waals surface area (Å²) < 4.78 is 0. The van der Waals surface area contributed by atoms with E-state index in [1.54, 1.807) is 30.4 Å². The number of carbonyl (C=O) groups excluding carboxylic acids is 3. The highest BCUT2D eigenvalue weighted by Gasteiger charge is 2.28. The third kappa shape index (κ3) is 9.04. The van der Waals surface area contributed by atoms with E-state index in [-0.39, 0.29) is 24.8 Å². The predicted octanol–water partition coefficient (Wildman–Crippen LogP) is 3.76. The second kappa shape index (κ2) is 15.7. The van der Waals surface area contributed by atoms with Gasteiger partial charge in [-0.25, -0.2) is 9.59 Å². The number of nitrogens with one attached hydrogen (secondary N) is 2. The molecule has 4 aliphatic heterocycles. The number of anilines is 1. The first-order chi connectivity index (χ1) is 20.3. The van der Waals surface area contributed by atoms with Crippen molar-refractivity contribution in [3.63, 3.8) is 0 Å². The lowest BCUT2D eigenvalue weighted by Gasteiger charge is -2.35. The maximum Gasteiger partial charge on any atom is 0.411 e. The third-order valence-corrected chi connectivity index (χ3v) is 8.37. The highest BCUT2D eigenvalue weighted by atomic mass is 35.5. The van der Waals surface area contributed by atoms with Crippen molar-refractivity contribution in [3.8, 4) is 0 Å². The second-order valence-electron chi connectivity index (χ2n) is 10.9. The summed E-state index contributed by atoms with van der Waals surface area (Å²) in [4.78, 5) is 53.9. The van der Waals surface area contributed by atoms with Crippen molar-refractivity contribution in [2.45, 2.75) is 38.5 Å². The molecular weight excluding hydrogens is 560 g/mol. The van der Waals surface area contributed by atoms with Crippen LogP contribution in [-0.4, -0.2) is 103 Å². The summed E-state index contributed by atoms with van der Waals surface area (Å²) in [6.45, 7) is 7.31. The minimum atomic E-state index is -0.907. The minimum absolute atomic E-state index is 0.0491. The van der Waals surface area contributed by atoms with E-state index in [2.05, 4.69) is 15.5 Å². The lowest BCUT2D eigenvalue weighted by atomic mass is 9.92. The van der Waals surface area contributed by atoms with Crippen LogP contribution in [0, 0.1) is 5.92 Å². The van der Waals surface area contributed by atoms with Crippen LogP contribution in [0.4, 0.5) is 15.3 Å². The number of allylic oxidation sites excluding steroid dienone is 2. The number of imide groups is 1. The molecule has 12 heteroatoms. The van der Waals surface area contributed by atoms with Gasteiger partial charge in [-0.05, 0) is 69.1 Å². The minimum Gasteiger partial charge on any atom is -0.465 e.